The van der Waals surface area contributed by atoms with Crippen molar-refractivity contribution in [3.05, 3.63) is 86.3 Å². The number of fused-ring (bicyclic) bond motifs is 2. The zero-order valence-corrected chi connectivity index (χ0v) is 19.9. The van der Waals surface area contributed by atoms with E-state index in [-0.39, 0.29) is 22.7 Å². The molecule has 35 heavy (non-hydrogen) atoms. The number of nitriles is 1. The Bertz CT molecular complexity index is 1670. The maximum atomic E-state index is 13.4. The Kier molecular flexibility index (Phi) is 5.79. The Morgan fingerprint density at radius 2 is 2.00 bits per heavy atom. The highest BCUT2D eigenvalue weighted by Crippen LogP contribution is 2.18. The van der Waals surface area contributed by atoms with Crippen LogP contribution in [0.5, 0.6) is 0 Å². The summed E-state index contributed by atoms with van der Waals surface area (Å²) in [5.74, 6) is -0.460. The van der Waals surface area contributed by atoms with Gasteiger partial charge in [-0.2, -0.15) is 10.3 Å². The van der Waals surface area contributed by atoms with Gasteiger partial charge in [-0.05, 0) is 74.6 Å². The molecule has 1 amide bonds. The summed E-state index contributed by atoms with van der Waals surface area (Å²) in [5.41, 5.74) is 4.26. The lowest BCUT2D eigenvalue weighted by Gasteiger charge is -2.17. The first-order valence-corrected chi connectivity index (χ1v) is 11.6. The predicted octanol–water partition coefficient (Wildman–Crippen LogP) is 3.37. The lowest BCUT2D eigenvalue weighted by molar-refractivity contribution is 0.0952. The SMILES string of the molecule is Cc1ccc(C(=O)N=c2c(C#N)cc3c(=O)n4cccc(C)c4nc3n2CC2CCCO2)cc1C. The molecule has 0 spiro atoms. The van der Waals surface area contributed by atoms with Crippen molar-refractivity contribution >= 4 is 22.6 Å². The molecule has 1 fully saturated rings. The minimum atomic E-state index is -0.460. The van der Waals surface area contributed by atoms with Crippen LogP contribution in [0.4, 0.5) is 0 Å². The molecule has 4 aromatic rings. The maximum Gasteiger partial charge on any atom is 0.279 e. The van der Waals surface area contributed by atoms with Gasteiger partial charge in [0.25, 0.3) is 11.5 Å². The van der Waals surface area contributed by atoms with E-state index in [1.807, 2.05) is 32.9 Å². The van der Waals surface area contributed by atoms with Gasteiger partial charge in [-0.15, -0.1) is 0 Å². The molecule has 0 bridgehead atoms. The van der Waals surface area contributed by atoms with Crippen molar-refractivity contribution in [2.24, 2.45) is 4.99 Å². The number of carbonyl (C=O) groups is 1. The highest BCUT2D eigenvalue weighted by atomic mass is 16.5. The molecule has 8 heteroatoms. The fraction of sp³-hybridized carbons (Fsp3) is 0.296. The van der Waals surface area contributed by atoms with Gasteiger partial charge in [-0.3, -0.25) is 14.0 Å². The molecule has 1 saturated heterocycles. The topological polar surface area (TPSA) is 102 Å². The molecule has 0 aliphatic carbocycles. The Morgan fingerprint density at radius 3 is 2.71 bits per heavy atom. The van der Waals surface area contributed by atoms with E-state index in [4.69, 9.17) is 9.72 Å². The van der Waals surface area contributed by atoms with Crippen LogP contribution in [0.15, 0.2) is 52.4 Å². The lowest BCUT2D eigenvalue weighted by Crippen LogP contribution is -2.33. The van der Waals surface area contributed by atoms with E-state index in [1.54, 1.807) is 29.0 Å². The second-order valence-corrected chi connectivity index (χ2v) is 8.99. The Hall–Kier alpha value is -4.09. The Morgan fingerprint density at radius 1 is 1.17 bits per heavy atom. The third-order valence-corrected chi connectivity index (χ3v) is 6.60. The van der Waals surface area contributed by atoms with Gasteiger partial charge in [0, 0.05) is 18.4 Å². The van der Waals surface area contributed by atoms with Crippen molar-refractivity contribution in [1.82, 2.24) is 14.0 Å². The zero-order valence-electron chi connectivity index (χ0n) is 19.9. The van der Waals surface area contributed by atoms with Crippen molar-refractivity contribution < 1.29 is 9.53 Å². The van der Waals surface area contributed by atoms with Gasteiger partial charge in [0.15, 0.2) is 5.49 Å². The Labute approximate surface area is 201 Å². The lowest BCUT2D eigenvalue weighted by atomic mass is 10.1. The summed E-state index contributed by atoms with van der Waals surface area (Å²) in [6.07, 6.45) is 3.30. The van der Waals surface area contributed by atoms with Crippen molar-refractivity contribution in [2.75, 3.05) is 6.61 Å². The van der Waals surface area contributed by atoms with Crippen LogP contribution in [0, 0.1) is 32.1 Å². The first-order chi connectivity index (χ1) is 16.9. The Balaban J connectivity index is 1.84. The third-order valence-electron chi connectivity index (χ3n) is 6.60. The summed E-state index contributed by atoms with van der Waals surface area (Å²) in [5, 5.41) is 10.3. The number of hydrogen-bond acceptors (Lipinski definition) is 5. The molecule has 4 heterocycles. The number of ether oxygens (including phenoxy) is 1. The predicted molar refractivity (Wildman–Crippen MR) is 131 cm³/mol. The fourth-order valence-corrected chi connectivity index (χ4v) is 4.49. The number of pyridine rings is 2. The van der Waals surface area contributed by atoms with Crippen LogP contribution in [0.2, 0.25) is 0 Å². The van der Waals surface area contributed by atoms with E-state index in [1.165, 1.54) is 10.5 Å². The monoisotopic (exact) mass is 467 g/mol. The quantitative estimate of drug-likeness (QED) is 0.430. The summed E-state index contributed by atoms with van der Waals surface area (Å²) >= 11 is 0. The van der Waals surface area contributed by atoms with Crippen LogP contribution in [-0.2, 0) is 11.3 Å². The average Bonchev–Trinajstić information content (AvgIpc) is 3.36. The molecular weight excluding hydrogens is 442 g/mol. The largest absolute Gasteiger partial charge is 0.376 e. The maximum absolute atomic E-state index is 13.4. The standard InChI is InChI=1S/C27H25N5O3/c1-16-8-9-19(12-18(16)3)26(33)30-24-20(14-28)13-22-25(32(24)15-21-7-5-11-35-21)29-23-17(2)6-4-10-31(23)27(22)34/h4,6,8-10,12-13,21H,5,7,11,15H2,1-3H3. The molecule has 1 aliphatic heterocycles. The van der Waals surface area contributed by atoms with Gasteiger partial charge in [-0.1, -0.05) is 12.1 Å². The fourth-order valence-electron chi connectivity index (χ4n) is 4.49. The second kappa shape index (κ2) is 8.93. The van der Waals surface area contributed by atoms with Crippen LogP contribution in [0.25, 0.3) is 16.7 Å². The highest BCUT2D eigenvalue weighted by Gasteiger charge is 2.21. The molecule has 5 rings (SSSR count). The molecule has 1 unspecified atom stereocenters. The third kappa shape index (κ3) is 4.04. The van der Waals surface area contributed by atoms with E-state index < -0.39 is 5.91 Å². The normalized spacial score (nSPS) is 16.2. The summed E-state index contributed by atoms with van der Waals surface area (Å²) in [6.45, 7) is 6.78. The van der Waals surface area contributed by atoms with Crippen molar-refractivity contribution in [2.45, 2.75) is 46.3 Å². The van der Waals surface area contributed by atoms with Gasteiger partial charge < -0.3 is 9.30 Å². The molecule has 176 valence electrons. The minimum Gasteiger partial charge on any atom is -0.376 e. The van der Waals surface area contributed by atoms with Gasteiger partial charge >= 0.3 is 0 Å². The molecule has 1 aliphatic rings. The second-order valence-electron chi connectivity index (χ2n) is 8.99. The first-order valence-electron chi connectivity index (χ1n) is 11.6. The number of benzene rings is 1. The minimum absolute atomic E-state index is 0.125. The van der Waals surface area contributed by atoms with Gasteiger partial charge in [0.05, 0.1) is 23.6 Å². The number of aryl methyl sites for hydroxylation is 3. The number of hydrogen-bond donors (Lipinski definition) is 0. The van der Waals surface area contributed by atoms with E-state index >= 15 is 0 Å². The van der Waals surface area contributed by atoms with Crippen LogP contribution in [0.3, 0.4) is 0 Å². The van der Waals surface area contributed by atoms with Crippen LogP contribution >= 0.6 is 0 Å². The average molecular weight is 468 g/mol. The van der Waals surface area contributed by atoms with E-state index in [2.05, 4.69) is 11.1 Å². The molecule has 1 aromatic carbocycles. The summed E-state index contributed by atoms with van der Waals surface area (Å²) in [7, 11) is 0. The number of carbonyl (C=O) groups excluding carboxylic acids is 1. The molecule has 0 saturated carbocycles. The number of amides is 1. The summed E-state index contributed by atoms with van der Waals surface area (Å²) < 4.78 is 9.04. The van der Waals surface area contributed by atoms with Crippen molar-refractivity contribution in [3.63, 3.8) is 0 Å². The van der Waals surface area contributed by atoms with Crippen LogP contribution in [-0.4, -0.2) is 32.6 Å². The number of rotatable bonds is 3. The molecule has 1 atom stereocenters. The summed E-state index contributed by atoms with van der Waals surface area (Å²) in [6, 6.07) is 12.7. The molecule has 8 nitrogen and oxygen atoms in total. The first kappa shape index (κ1) is 22.7. The van der Waals surface area contributed by atoms with Gasteiger partial charge in [-0.25, -0.2) is 4.98 Å². The molecular formula is C27H25N5O3. The van der Waals surface area contributed by atoms with Crippen molar-refractivity contribution in [1.29, 1.82) is 5.26 Å². The van der Waals surface area contributed by atoms with Crippen LogP contribution < -0.4 is 11.0 Å². The van der Waals surface area contributed by atoms with E-state index in [0.29, 0.717) is 35.4 Å². The van der Waals surface area contributed by atoms with Gasteiger partial charge in [0.2, 0.25) is 0 Å². The summed E-state index contributed by atoms with van der Waals surface area (Å²) in [4.78, 5) is 35.8. The molecule has 3 aromatic heterocycles. The number of nitrogens with zero attached hydrogens (tertiary/aromatic N) is 5. The van der Waals surface area contributed by atoms with E-state index in [0.717, 1.165) is 29.5 Å². The molecule has 0 N–H and O–H groups in total. The molecule has 0 radical (unpaired) electrons. The van der Waals surface area contributed by atoms with Gasteiger partial charge in [0.1, 0.15) is 17.4 Å². The van der Waals surface area contributed by atoms with E-state index in [9.17, 15) is 14.9 Å². The smallest absolute Gasteiger partial charge is 0.279 e. The highest BCUT2D eigenvalue weighted by molar-refractivity contribution is 5.95. The van der Waals surface area contributed by atoms with Crippen molar-refractivity contribution in [3.8, 4) is 6.07 Å². The zero-order chi connectivity index (χ0) is 24.7. The number of aromatic nitrogens is 3. The van der Waals surface area contributed by atoms with Crippen LogP contribution in [0.1, 0.15) is 45.5 Å².